The zero-order chi connectivity index (χ0) is 17.1. The molecule has 0 radical (unpaired) electrons. The lowest BCUT2D eigenvalue weighted by atomic mass is 9.96. The second kappa shape index (κ2) is 7.27. The van der Waals surface area contributed by atoms with Crippen LogP contribution in [-0.4, -0.2) is 33.8 Å². The van der Waals surface area contributed by atoms with Crippen molar-refractivity contribution in [3.63, 3.8) is 0 Å². The first-order valence-electron chi connectivity index (χ1n) is 9.02. The summed E-state index contributed by atoms with van der Waals surface area (Å²) in [5.41, 5.74) is 1.30. The van der Waals surface area contributed by atoms with Gasteiger partial charge in [-0.05, 0) is 31.2 Å². The number of carbonyl (C=O) groups excluding carboxylic acids is 1. The number of fused-ring (bicyclic) bond motifs is 2. The summed E-state index contributed by atoms with van der Waals surface area (Å²) in [5, 5.41) is 5.96. The quantitative estimate of drug-likeness (QED) is 0.847. The van der Waals surface area contributed by atoms with Crippen LogP contribution < -0.4 is 10.6 Å². The normalized spacial score (nSPS) is 24.4. The molecule has 2 saturated heterocycles. The number of benzene rings is 1. The number of carbonyl (C=O) groups is 1. The number of nitrogens with zero attached hydrogens (tertiary/aromatic N) is 2. The SMILES string of the molecule is O=C(NCc1nccn1CCc1ccccc1)NC1CC2CCC1O2. The number of hydrogen-bond acceptors (Lipinski definition) is 3. The molecule has 6 nitrogen and oxygen atoms in total. The molecule has 0 aliphatic carbocycles. The van der Waals surface area contributed by atoms with Crippen molar-refractivity contribution in [3.05, 3.63) is 54.1 Å². The number of aryl methyl sites for hydroxylation is 2. The third-order valence-electron chi connectivity index (χ3n) is 5.12. The van der Waals surface area contributed by atoms with Gasteiger partial charge in [-0.2, -0.15) is 0 Å². The molecule has 6 heteroatoms. The summed E-state index contributed by atoms with van der Waals surface area (Å²) >= 11 is 0. The third kappa shape index (κ3) is 3.85. The molecule has 2 aliphatic rings. The first kappa shape index (κ1) is 16.1. The maximum atomic E-state index is 12.1. The van der Waals surface area contributed by atoms with Gasteiger partial charge >= 0.3 is 6.03 Å². The van der Waals surface area contributed by atoms with E-state index in [1.165, 1.54) is 5.56 Å². The molecule has 132 valence electrons. The molecule has 1 aromatic carbocycles. The number of nitrogens with one attached hydrogen (secondary N) is 2. The van der Waals surface area contributed by atoms with Crippen molar-refractivity contribution in [3.8, 4) is 0 Å². The Hall–Kier alpha value is -2.34. The Bertz CT molecular complexity index is 715. The average Bonchev–Trinajstić information content (AvgIpc) is 3.36. The number of aromatic nitrogens is 2. The van der Waals surface area contributed by atoms with E-state index in [-0.39, 0.29) is 18.2 Å². The third-order valence-corrected chi connectivity index (χ3v) is 5.12. The lowest BCUT2D eigenvalue weighted by Crippen LogP contribution is -2.46. The van der Waals surface area contributed by atoms with Crippen LogP contribution in [0.25, 0.3) is 0 Å². The fraction of sp³-hybridized carbons (Fsp3) is 0.474. The van der Waals surface area contributed by atoms with Crippen molar-refractivity contribution in [1.82, 2.24) is 20.2 Å². The van der Waals surface area contributed by atoms with E-state index in [0.717, 1.165) is 38.1 Å². The van der Waals surface area contributed by atoms with E-state index in [1.54, 1.807) is 6.20 Å². The molecule has 0 spiro atoms. The van der Waals surface area contributed by atoms with Gasteiger partial charge in [0.2, 0.25) is 0 Å². The molecule has 3 unspecified atom stereocenters. The number of ether oxygens (including phenoxy) is 1. The Labute approximate surface area is 147 Å². The minimum Gasteiger partial charge on any atom is -0.373 e. The summed E-state index contributed by atoms with van der Waals surface area (Å²) in [6.07, 6.45) is 8.34. The molecule has 25 heavy (non-hydrogen) atoms. The van der Waals surface area contributed by atoms with E-state index in [1.807, 2.05) is 12.3 Å². The number of imidazole rings is 1. The molecule has 1 aromatic heterocycles. The summed E-state index contributed by atoms with van der Waals surface area (Å²) in [5.74, 6) is 0.871. The van der Waals surface area contributed by atoms with Crippen molar-refractivity contribution in [2.75, 3.05) is 0 Å². The first-order chi connectivity index (χ1) is 12.3. The van der Waals surface area contributed by atoms with Crippen LogP contribution in [0.3, 0.4) is 0 Å². The summed E-state index contributed by atoms with van der Waals surface area (Å²) in [7, 11) is 0. The van der Waals surface area contributed by atoms with Gasteiger partial charge in [0.1, 0.15) is 5.82 Å². The summed E-state index contributed by atoms with van der Waals surface area (Å²) in [6.45, 7) is 1.28. The summed E-state index contributed by atoms with van der Waals surface area (Å²) in [6, 6.07) is 10.4. The molecule has 3 atom stereocenters. The van der Waals surface area contributed by atoms with E-state index < -0.39 is 0 Å². The van der Waals surface area contributed by atoms with Crippen molar-refractivity contribution in [1.29, 1.82) is 0 Å². The molecule has 2 bridgehead atoms. The molecular weight excluding hydrogens is 316 g/mol. The predicted octanol–water partition coefficient (Wildman–Crippen LogP) is 2.24. The number of hydrogen-bond donors (Lipinski definition) is 2. The van der Waals surface area contributed by atoms with Crippen molar-refractivity contribution >= 4 is 6.03 Å². The highest BCUT2D eigenvalue weighted by Gasteiger charge is 2.41. The highest BCUT2D eigenvalue weighted by molar-refractivity contribution is 5.74. The second-order valence-electron chi connectivity index (χ2n) is 6.82. The monoisotopic (exact) mass is 340 g/mol. The smallest absolute Gasteiger partial charge is 0.315 e. The van der Waals surface area contributed by atoms with E-state index in [9.17, 15) is 4.79 Å². The number of urea groups is 1. The number of rotatable bonds is 6. The number of amides is 2. The maximum Gasteiger partial charge on any atom is 0.315 e. The molecule has 4 rings (SSSR count). The molecule has 3 heterocycles. The van der Waals surface area contributed by atoms with Crippen LogP contribution in [0, 0.1) is 0 Å². The van der Waals surface area contributed by atoms with Crippen molar-refractivity contribution < 1.29 is 9.53 Å². The van der Waals surface area contributed by atoms with Gasteiger partial charge in [-0.3, -0.25) is 0 Å². The van der Waals surface area contributed by atoms with Gasteiger partial charge in [-0.25, -0.2) is 9.78 Å². The molecule has 2 N–H and O–H groups in total. The molecular formula is C19H24N4O2. The standard InChI is InChI=1S/C19H24N4O2/c24-19(22-16-12-15-6-7-17(16)25-15)21-13-18-20-9-11-23(18)10-8-14-4-2-1-3-5-14/h1-5,9,11,15-17H,6-8,10,12-13H2,(H2,21,22,24). The minimum atomic E-state index is -0.140. The van der Waals surface area contributed by atoms with Gasteiger partial charge in [0.25, 0.3) is 0 Å². The van der Waals surface area contributed by atoms with E-state index in [4.69, 9.17) is 4.74 Å². The van der Waals surface area contributed by atoms with E-state index >= 15 is 0 Å². The largest absolute Gasteiger partial charge is 0.373 e. The lowest BCUT2D eigenvalue weighted by Gasteiger charge is -2.20. The van der Waals surface area contributed by atoms with Crippen LogP contribution in [-0.2, 0) is 24.2 Å². The Morgan fingerprint density at radius 2 is 2.16 bits per heavy atom. The van der Waals surface area contributed by atoms with Crippen LogP contribution in [0.2, 0.25) is 0 Å². The Morgan fingerprint density at radius 1 is 1.28 bits per heavy atom. The van der Waals surface area contributed by atoms with Crippen molar-refractivity contribution in [2.24, 2.45) is 0 Å². The molecule has 0 saturated carbocycles. The highest BCUT2D eigenvalue weighted by Crippen LogP contribution is 2.34. The molecule has 2 amide bonds. The maximum absolute atomic E-state index is 12.1. The molecule has 2 fully saturated rings. The average molecular weight is 340 g/mol. The van der Waals surface area contributed by atoms with Gasteiger partial charge in [-0.1, -0.05) is 30.3 Å². The van der Waals surface area contributed by atoms with E-state index in [2.05, 4.69) is 44.5 Å². The minimum absolute atomic E-state index is 0.140. The topological polar surface area (TPSA) is 68.2 Å². The van der Waals surface area contributed by atoms with Crippen LogP contribution in [0.1, 0.15) is 30.7 Å². The van der Waals surface area contributed by atoms with Crippen LogP contribution in [0.15, 0.2) is 42.7 Å². The lowest BCUT2D eigenvalue weighted by molar-refractivity contribution is 0.0981. The van der Waals surface area contributed by atoms with Gasteiger partial charge < -0.3 is 19.9 Å². The van der Waals surface area contributed by atoms with Crippen LogP contribution in [0.5, 0.6) is 0 Å². The summed E-state index contributed by atoms with van der Waals surface area (Å²) < 4.78 is 7.86. The summed E-state index contributed by atoms with van der Waals surface area (Å²) in [4.78, 5) is 16.5. The Kier molecular flexibility index (Phi) is 4.70. The first-order valence-corrected chi connectivity index (χ1v) is 9.02. The molecule has 2 aliphatic heterocycles. The van der Waals surface area contributed by atoms with Gasteiger partial charge in [0, 0.05) is 18.9 Å². The predicted molar refractivity (Wildman–Crippen MR) is 94.0 cm³/mol. The zero-order valence-electron chi connectivity index (χ0n) is 14.2. The van der Waals surface area contributed by atoms with E-state index in [0.29, 0.717) is 12.6 Å². The van der Waals surface area contributed by atoms with Crippen molar-refractivity contribution in [2.45, 2.75) is 57.0 Å². The van der Waals surface area contributed by atoms with Crippen LogP contribution in [0.4, 0.5) is 4.79 Å². The van der Waals surface area contributed by atoms with Gasteiger partial charge in [-0.15, -0.1) is 0 Å². The Morgan fingerprint density at radius 3 is 2.92 bits per heavy atom. The fourth-order valence-electron chi connectivity index (χ4n) is 3.77. The van der Waals surface area contributed by atoms with Gasteiger partial charge in [0.05, 0.1) is 24.8 Å². The molecule has 2 aromatic rings. The Balaban J connectivity index is 1.25. The zero-order valence-corrected chi connectivity index (χ0v) is 14.2. The fourth-order valence-corrected chi connectivity index (χ4v) is 3.77. The highest BCUT2D eigenvalue weighted by atomic mass is 16.5. The van der Waals surface area contributed by atoms with Crippen LogP contribution >= 0.6 is 0 Å². The second-order valence-corrected chi connectivity index (χ2v) is 6.82. The van der Waals surface area contributed by atoms with Gasteiger partial charge in [0.15, 0.2) is 0 Å².